The summed E-state index contributed by atoms with van der Waals surface area (Å²) in [6, 6.07) is 65.8. The number of hydrogen-bond donors (Lipinski definition) is 0. The second-order valence-electron chi connectivity index (χ2n) is 14.0. The summed E-state index contributed by atoms with van der Waals surface area (Å²) in [5.41, 5.74) is 11.3. The number of thiophene rings is 1. The summed E-state index contributed by atoms with van der Waals surface area (Å²) < 4.78 is 9.09. The summed E-state index contributed by atoms with van der Waals surface area (Å²) in [5, 5.41) is 4.75. The van der Waals surface area contributed by atoms with Gasteiger partial charge in [0.1, 0.15) is 11.2 Å². The predicted octanol–water partition coefficient (Wildman–Crippen LogP) is 14.1. The minimum Gasteiger partial charge on any atom is -0.456 e. The van der Waals surface area contributed by atoms with E-state index < -0.39 is 0 Å². The SMILES string of the molecule is c1ccc(-c2nc(-c3ccccc3)nc(-c3cccc(-c4c(-c5cccc(-c6ccc7sc8ccccc8c7c6)c5)ccc5oc6ccccc6c45)c3)n2)cc1. The number of hydrogen-bond acceptors (Lipinski definition) is 5. The van der Waals surface area contributed by atoms with E-state index in [9.17, 15) is 0 Å². The zero-order chi connectivity index (χ0) is 37.0. The summed E-state index contributed by atoms with van der Waals surface area (Å²) in [5.74, 6) is 1.88. The average molecular weight is 734 g/mol. The average Bonchev–Trinajstić information content (AvgIpc) is 3.85. The van der Waals surface area contributed by atoms with Gasteiger partial charge in [-0.25, -0.2) is 15.0 Å². The molecule has 11 aromatic rings. The number of para-hydroxylation sites is 1. The largest absolute Gasteiger partial charge is 0.456 e. The van der Waals surface area contributed by atoms with E-state index in [-0.39, 0.29) is 0 Å². The van der Waals surface area contributed by atoms with Gasteiger partial charge in [-0.1, -0.05) is 146 Å². The predicted molar refractivity (Wildman–Crippen MR) is 233 cm³/mol. The highest BCUT2D eigenvalue weighted by Crippen LogP contribution is 2.44. The van der Waals surface area contributed by atoms with Gasteiger partial charge in [0.2, 0.25) is 0 Å². The molecule has 4 nitrogen and oxygen atoms in total. The smallest absolute Gasteiger partial charge is 0.164 e. The van der Waals surface area contributed by atoms with Crippen LogP contribution in [-0.2, 0) is 0 Å². The maximum absolute atomic E-state index is 6.48. The summed E-state index contributed by atoms with van der Waals surface area (Å²) in [4.78, 5) is 15.0. The van der Waals surface area contributed by atoms with E-state index in [1.165, 1.54) is 31.3 Å². The Morgan fingerprint density at radius 2 is 0.893 bits per heavy atom. The van der Waals surface area contributed by atoms with Gasteiger partial charge in [0.05, 0.1) is 0 Å². The first-order valence-corrected chi connectivity index (χ1v) is 19.5. The fourth-order valence-corrected chi connectivity index (χ4v) is 8.97. The number of rotatable bonds is 6. The quantitative estimate of drug-likeness (QED) is 0.171. The molecule has 0 spiro atoms. The van der Waals surface area contributed by atoms with Crippen molar-refractivity contribution in [3.63, 3.8) is 0 Å². The van der Waals surface area contributed by atoms with Crippen molar-refractivity contribution < 1.29 is 4.42 Å². The number of fused-ring (bicyclic) bond motifs is 6. The van der Waals surface area contributed by atoms with Crippen LogP contribution in [0.2, 0.25) is 0 Å². The van der Waals surface area contributed by atoms with Crippen LogP contribution in [0.4, 0.5) is 0 Å². The number of nitrogens with zero attached hydrogens (tertiary/aromatic N) is 3. The van der Waals surface area contributed by atoms with Gasteiger partial charge in [-0.3, -0.25) is 0 Å². The van der Waals surface area contributed by atoms with E-state index in [0.717, 1.165) is 60.9 Å². The minimum atomic E-state index is 0.615. The summed E-state index contributed by atoms with van der Waals surface area (Å²) >= 11 is 1.85. The Kier molecular flexibility index (Phi) is 7.64. The van der Waals surface area contributed by atoms with Crippen LogP contribution >= 0.6 is 11.3 Å². The second kappa shape index (κ2) is 13.3. The molecule has 0 saturated carbocycles. The third kappa shape index (κ3) is 5.56. The van der Waals surface area contributed by atoms with E-state index in [0.29, 0.717) is 17.5 Å². The topological polar surface area (TPSA) is 51.8 Å². The monoisotopic (exact) mass is 733 g/mol. The van der Waals surface area contributed by atoms with Crippen LogP contribution in [0, 0.1) is 0 Å². The zero-order valence-electron chi connectivity index (χ0n) is 30.1. The Bertz CT molecular complexity index is 3200. The van der Waals surface area contributed by atoms with Crippen LogP contribution < -0.4 is 0 Å². The normalized spacial score (nSPS) is 11.6. The molecule has 262 valence electrons. The molecule has 0 aliphatic carbocycles. The van der Waals surface area contributed by atoms with Gasteiger partial charge >= 0.3 is 0 Å². The highest BCUT2D eigenvalue weighted by atomic mass is 32.1. The van der Waals surface area contributed by atoms with Gasteiger partial charge in [0.25, 0.3) is 0 Å². The fraction of sp³-hybridized carbons (Fsp3) is 0. The molecule has 3 heterocycles. The van der Waals surface area contributed by atoms with E-state index >= 15 is 0 Å². The van der Waals surface area contributed by atoms with Gasteiger partial charge in [0, 0.05) is 53.2 Å². The molecule has 0 unspecified atom stereocenters. The molecule has 8 aromatic carbocycles. The molecule has 56 heavy (non-hydrogen) atoms. The fourth-order valence-electron chi connectivity index (χ4n) is 7.88. The van der Waals surface area contributed by atoms with Crippen molar-refractivity contribution in [2.75, 3.05) is 0 Å². The molecule has 0 bridgehead atoms. The lowest BCUT2D eigenvalue weighted by Gasteiger charge is -2.15. The maximum Gasteiger partial charge on any atom is 0.164 e. The Morgan fingerprint density at radius 1 is 0.339 bits per heavy atom. The van der Waals surface area contributed by atoms with E-state index in [1.54, 1.807) is 0 Å². The molecule has 0 N–H and O–H groups in total. The lowest BCUT2D eigenvalue weighted by Crippen LogP contribution is -2.00. The molecule has 0 aliphatic heterocycles. The first kappa shape index (κ1) is 32.2. The Balaban J connectivity index is 1.10. The van der Waals surface area contributed by atoms with Crippen LogP contribution in [0.1, 0.15) is 0 Å². The van der Waals surface area contributed by atoms with Crippen LogP contribution in [0.5, 0.6) is 0 Å². The molecule has 5 heteroatoms. The second-order valence-corrected chi connectivity index (χ2v) is 15.1. The van der Waals surface area contributed by atoms with Gasteiger partial charge in [-0.05, 0) is 70.3 Å². The van der Waals surface area contributed by atoms with Gasteiger partial charge in [-0.2, -0.15) is 0 Å². The summed E-state index contributed by atoms with van der Waals surface area (Å²) in [7, 11) is 0. The molecule has 0 atom stereocenters. The number of benzene rings is 8. The summed E-state index contributed by atoms with van der Waals surface area (Å²) in [6.45, 7) is 0. The molecule has 0 radical (unpaired) electrons. The summed E-state index contributed by atoms with van der Waals surface area (Å²) in [6.07, 6.45) is 0. The van der Waals surface area contributed by atoms with Gasteiger partial charge < -0.3 is 4.42 Å². The van der Waals surface area contributed by atoms with E-state index in [1.807, 2.05) is 84.1 Å². The van der Waals surface area contributed by atoms with Gasteiger partial charge in [-0.15, -0.1) is 11.3 Å². The van der Waals surface area contributed by atoms with Gasteiger partial charge in [0.15, 0.2) is 17.5 Å². The molecule has 0 fully saturated rings. The van der Waals surface area contributed by atoms with Crippen molar-refractivity contribution in [1.82, 2.24) is 15.0 Å². The third-order valence-corrected chi connectivity index (χ3v) is 11.7. The van der Waals surface area contributed by atoms with Crippen molar-refractivity contribution in [2.24, 2.45) is 0 Å². The van der Waals surface area contributed by atoms with Crippen molar-refractivity contribution in [2.45, 2.75) is 0 Å². The van der Waals surface area contributed by atoms with Crippen molar-refractivity contribution in [3.05, 3.63) is 188 Å². The van der Waals surface area contributed by atoms with Crippen molar-refractivity contribution in [1.29, 1.82) is 0 Å². The minimum absolute atomic E-state index is 0.615. The molecule has 3 aromatic heterocycles. The Morgan fingerprint density at radius 3 is 1.66 bits per heavy atom. The highest BCUT2D eigenvalue weighted by Gasteiger charge is 2.20. The standard InChI is InChI=1S/C51H31N3OS/c1-3-13-32(14-4-1)49-52-50(33-15-5-2-6-16-33)54-51(53-49)38-20-12-19-37(30-38)47-39(26-27-44-48(47)41-22-7-9-23-43(41)55-44)36-18-11-17-34(29-36)35-25-28-46-42(31-35)40-21-8-10-24-45(40)56-46/h1-31H. The highest BCUT2D eigenvalue weighted by molar-refractivity contribution is 7.25. The van der Waals surface area contributed by atoms with Crippen molar-refractivity contribution >= 4 is 53.4 Å². The third-order valence-electron chi connectivity index (χ3n) is 10.5. The van der Waals surface area contributed by atoms with E-state index in [4.69, 9.17) is 19.4 Å². The lowest BCUT2D eigenvalue weighted by molar-refractivity contribution is 0.669. The number of furan rings is 1. The maximum atomic E-state index is 6.48. The Hall–Kier alpha value is -7.21. The van der Waals surface area contributed by atoms with Crippen LogP contribution in [0.25, 0.3) is 110 Å². The zero-order valence-corrected chi connectivity index (χ0v) is 30.9. The first-order valence-electron chi connectivity index (χ1n) is 18.7. The molecule has 0 saturated heterocycles. The lowest BCUT2D eigenvalue weighted by atomic mass is 9.89. The van der Waals surface area contributed by atoms with E-state index in [2.05, 4.69) is 115 Å². The van der Waals surface area contributed by atoms with Crippen LogP contribution in [0.15, 0.2) is 192 Å². The number of aromatic nitrogens is 3. The molecular weight excluding hydrogens is 703 g/mol. The molecule has 0 aliphatic rings. The molecule has 0 amide bonds. The van der Waals surface area contributed by atoms with Crippen LogP contribution in [-0.4, -0.2) is 15.0 Å². The molecular formula is C51H31N3OS. The van der Waals surface area contributed by atoms with Crippen molar-refractivity contribution in [3.8, 4) is 67.5 Å². The first-order chi connectivity index (χ1) is 27.7. The van der Waals surface area contributed by atoms with Crippen LogP contribution in [0.3, 0.4) is 0 Å². The Labute approximate surface area is 327 Å². The molecule has 11 rings (SSSR count).